The number of fused-ring (bicyclic) bond motifs is 3. The third-order valence-corrected chi connectivity index (χ3v) is 7.31. The Hall–Kier alpha value is -2.58. The van der Waals surface area contributed by atoms with E-state index in [1.54, 1.807) is 13.8 Å². The van der Waals surface area contributed by atoms with Crippen molar-refractivity contribution in [2.75, 3.05) is 38.2 Å². The van der Waals surface area contributed by atoms with Crippen LogP contribution in [0.25, 0.3) is 10.9 Å². The van der Waals surface area contributed by atoms with Gasteiger partial charge in [0.15, 0.2) is 0 Å². The number of halogens is 2. The molecule has 2 aliphatic heterocycles. The fourth-order valence-corrected chi connectivity index (χ4v) is 5.64. The van der Waals surface area contributed by atoms with E-state index in [-0.39, 0.29) is 18.3 Å². The zero-order valence-electron chi connectivity index (χ0n) is 21.1. The molecule has 0 amide bonds. The normalized spacial score (nSPS) is 21.1. The first kappa shape index (κ1) is 24.1. The summed E-state index contributed by atoms with van der Waals surface area (Å²) in [4.78, 5) is 9.41. The van der Waals surface area contributed by atoms with Gasteiger partial charge in [-0.2, -0.15) is 5.10 Å². The van der Waals surface area contributed by atoms with Crippen LogP contribution in [0.4, 0.5) is 14.5 Å². The zero-order chi connectivity index (χ0) is 24.8. The highest BCUT2D eigenvalue weighted by Gasteiger charge is 2.43. The van der Waals surface area contributed by atoms with Gasteiger partial charge in [0.1, 0.15) is 5.67 Å². The number of anilines is 1. The molecular formula is C27H36F2N6. The summed E-state index contributed by atoms with van der Waals surface area (Å²) in [7, 11) is 0. The van der Waals surface area contributed by atoms with Gasteiger partial charge in [-0.25, -0.2) is 4.39 Å². The fraction of sp³-hybridized carbons (Fsp3) is 0.556. The van der Waals surface area contributed by atoms with Crippen molar-refractivity contribution in [1.82, 2.24) is 25.0 Å². The average Bonchev–Trinajstić information content (AvgIpc) is 3.25. The second-order valence-electron chi connectivity index (χ2n) is 11.3. The number of pyridine rings is 1. The Labute approximate surface area is 206 Å². The number of benzene rings is 1. The van der Waals surface area contributed by atoms with E-state index in [1.807, 2.05) is 12.4 Å². The van der Waals surface area contributed by atoms with Crippen LogP contribution >= 0.6 is 0 Å². The fourth-order valence-electron chi connectivity index (χ4n) is 5.64. The first-order valence-electron chi connectivity index (χ1n) is 12.6. The Balaban J connectivity index is 1.44. The molecule has 6 nitrogen and oxygen atoms in total. The summed E-state index contributed by atoms with van der Waals surface area (Å²) < 4.78 is 27.4. The van der Waals surface area contributed by atoms with Gasteiger partial charge in [-0.15, -0.1) is 0 Å². The lowest BCUT2D eigenvalue weighted by atomic mass is 9.78. The molecule has 0 bridgehead atoms. The van der Waals surface area contributed by atoms with Crippen LogP contribution in [0.1, 0.15) is 57.0 Å². The lowest BCUT2D eigenvalue weighted by molar-refractivity contribution is 0.0171. The van der Waals surface area contributed by atoms with Gasteiger partial charge < -0.3 is 5.32 Å². The van der Waals surface area contributed by atoms with Crippen LogP contribution in [0, 0.1) is 0 Å². The third-order valence-electron chi connectivity index (χ3n) is 7.31. The molecular weight excluding hydrogens is 446 g/mol. The smallest absolute Gasteiger partial charge is 0.118 e. The van der Waals surface area contributed by atoms with Crippen molar-refractivity contribution < 1.29 is 8.78 Å². The summed E-state index contributed by atoms with van der Waals surface area (Å²) in [5.74, 6) is 0. The first-order chi connectivity index (χ1) is 16.6. The maximum absolute atomic E-state index is 15.0. The SMILES string of the molecule is CC(C)(F)CN1[C@H](c2ccc(NC3CN(CCCF)C3)cn2)c2ccc3[nH]ncc3c2CC1(C)C. The molecule has 1 atom stereocenters. The van der Waals surface area contributed by atoms with Crippen LogP contribution in [-0.2, 0) is 6.42 Å². The number of aromatic amines is 1. The number of nitrogens with one attached hydrogen (secondary N) is 2. The Kier molecular flexibility index (Phi) is 6.30. The van der Waals surface area contributed by atoms with Crippen LogP contribution < -0.4 is 5.32 Å². The quantitative estimate of drug-likeness (QED) is 0.479. The standard InChI is InChI=1S/C27H36F2N6/c1-26(2,29)17-35-25(20-7-9-23-22(14-31-33-23)21(20)12-27(35,3)4)24-8-6-18(13-30-24)32-19-15-34(16-19)11-5-10-28/h6-9,13-14,19,25,32H,5,10-12,15-17H2,1-4H3,(H,31,33)/t25-/m0/s1. The van der Waals surface area contributed by atoms with E-state index in [1.165, 1.54) is 5.56 Å². The highest BCUT2D eigenvalue weighted by molar-refractivity contribution is 5.83. The van der Waals surface area contributed by atoms with Crippen molar-refractivity contribution in [2.45, 2.75) is 63.8 Å². The number of rotatable bonds is 8. The summed E-state index contributed by atoms with van der Waals surface area (Å²) in [5.41, 5.74) is 3.72. The summed E-state index contributed by atoms with van der Waals surface area (Å²) in [5, 5.41) is 12.0. The first-order valence-corrected chi connectivity index (χ1v) is 12.6. The van der Waals surface area contributed by atoms with E-state index in [0.29, 0.717) is 19.0 Å². The van der Waals surface area contributed by atoms with Crippen molar-refractivity contribution in [1.29, 1.82) is 0 Å². The van der Waals surface area contributed by atoms with E-state index in [2.05, 4.69) is 63.4 Å². The minimum atomic E-state index is -1.34. The number of aromatic nitrogens is 3. The largest absolute Gasteiger partial charge is 0.378 e. The lowest BCUT2D eigenvalue weighted by Gasteiger charge is -2.50. The Morgan fingerprint density at radius 2 is 1.97 bits per heavy atom. The monoisotopic (exact) mass is 482 g/mol. The molecule has 3 aromatic rings. The molecule has 35 heavy (non-hydrogen) atoms. The predicted molar refractivity (Wildman–Crippen MR) is 136 cm³/mol. The number of likely N-dealkylation sites (tertiary alicyclic amines) is 1. The predicted octanol–water partition coefficient (Wildman–Crippen LogP) is 4.89. The minimum absolute atomic E-state index is 0.156. The molecule has 2 aromatic heterocycles. The summed E-state index contributed by atoms with van der Waals surface area (Å²) in [6.45, 7) is 10.4. The van der Waals surface area contributed by atoms with Crippen molar-refractivity contribution in [2.24, 2.45) is 0 Å². The van der Waals surface area contributed by atoms with E-state index in [0.717, 1.165) is 53.9 Å². The van der Waals surface area contributed by atoms with Crippen LogP contribution in [0.3, 0.4) is 0 Å². The molecule has 0 saturated carbocycles. The van der Waals surface area contributed by atoms with Crippen molar-refractivity contribution in [3.8, 4) is 0 Å². The van der Waals surface area contributed by atoms with E-state index < -0.39 is 5.67 Å². The van der Waals surface area contributed by atoms with Crippen LogP contribution in [0.5, 0.6) is 0 Å². The lowest BCUT2D eigenvalue weighted by Crippen LogP contribution is -2.55. The summed E-state index contributed by atoms with van der Waals surface area (Å²) >= 11 is 0. The van der Waals surface area contributed by atoms with Crippen LogP contribution in [0.15, 0.2) is 36.7 Å². The number of nitrogens with zero attached hydrogens (tertiary/aromatic N) is 4. The van der Waals surface area contributed by atoms with Gasteiger partial charge in [0, 0.05) is 37.1 Å². The second kappa shape index (κ2) is 9.13. The van der Waals surface area contributed by atoms with Gasteiger partial charge in [-0.1, -0.05) is 6.07 Å². The number of hydrogen-bond donors (Lipinski definition) is 2. The third kappa shape index (κ3) is 4.91. The molecule has 5 rings (SSSR count). The molecule has 2 N–H and O–H groups in total. The topological polar surface area (TPSA) is 60.1 Å². The molecule has 0 unspecified atom stereocenters. The van der Waals surface area contributed by atoms with Gasteiger partial charge >= 0.3 is 0 Å². The number of hydrogen-bond acceptors (Lipinski definition) is 5. The molecule has 1 fully saturated rings. The Morgan fingerprint density at radius 3 is 2.66 bits per heavy atom. The zero-order valence-corrected chi connectivity index (χ0v) is 21.1. The summed E-state index contributed by atoms with van der Waals surface area (Å²) in [6, 6.07) is 8.54. The van der Waals surface area contributed by atoms with Crippen molar-refractivity contribution in [3.63, 3.8) is 0 Å². The van der Waals surface area contributed by atoms with E-state index in [4.69, 9.17) is 4.98 Å². The second-order valence-corrected chi connectivity index (χ2v) is 11.3. The molecule has 8 heteroatoms. The molecule has 0 aliphatic carbocycles. The van der Waals surface area contributed by atoms with Gasteiger partial charge in [-0.3, -0.25) is 24.3 Å². The molecule has 0 spiro atoms. The number of H-pyrrole nitrogens is 1. The molecule has 2 aliphatic rings. The summed E-state index contributed by atoms with van der Waals surface area (Å²) in [6.07, 6.45) is 5.19. The Morgan fingerprint density at radius 1 is 1.17 bits per heavy atom. The van der Waals surface area contributed by atoms with E-state index >= 15 is 4.39 Å². The van der Waals surface area contributed by atoms with Gasteiger partial charge in [0.2, 0.25) is 0 Å². The van der Waals surface area contributed by atoms with Crippen molar-refractivity contribution >= 4 is 16.6 Å². The molecule has 1 aromatic carbocycles. The average molecular weight is 483 g/mol. The highest BCUT2D eigenvalue weighted by Crippen LogP contribution is 2.45. The Bertz CT molecular complexity index is 1160. The molecule has 0 radical (unpaired) electrons. The van der Waals surface area contributed by atoms with Gasteiger partial charge in [-0.05, 0) is 69.9 Å². The maximum atomic E-state index is 15.0. The maximum Gasteiger partial charge on any atom is 0.118 e. The van der Waals surface area contributed by atoms with Gasteiger partial charge in [0.05, 0.1) is 48.0 Å². The molecule has 4 heterocycles. The van der Waals surface area contributed by atoms with E-state index in [9.17, 15) is 4.39 Å². The molecule has 188 valence electrons. The van der Waals surface area contributed by atoms with Crippen LogP contribution in [0.2, 0.25) is 0 Å². The van der Waals surface area contributed by atoms with Gasteiger partial charge in [0.25, 0.3) is 0 Å². The highest BCUT2D eigenvalue weighted by atomic mass is 19.1. The minimum Gasteiger partial charge on any atom is -0.378 e. The number of alkyl halides is 2. The van der Waals surface area contributed by atoms with Crippen molar-refractivity contribution in [3.05, 3.63) is 53.5 Å². The molecule has 1 saturated heterocycles. The van der Waals surface area contributed by atoms with Crippen LogP contribution in [-0.4, -0.2) is 75.1 Å².